The van der Waals surface area contributed by atoms with Crippen LogP contribution in [0.1, 0.15) is 60.3 Å². The Morgan fingerprint density at radius 3 is 2.77 bits per heavy atom. The summed E-state index contributed by atoms with van der Waals surface area (Å²) >= 11 is 0. The summed E-state index contributed by atoms with van der Waals surface area (Å²) in [6.45, 7) is 10.2. The first kappa shape index (κ1) is 19.2. The molecule has 0 saturated carbocycles. The minimum Gasteiger partial charge on any atom is -0.435 e. The fourth-order valence-corrected chi connectivity index (χ4v) is 4.70. The number of carbonyl (C=O) groups is 2. The first-order valence-electron chi connectivity index (χ1n) is 9.59. The van der Waals surface area contributed by atoms with E-state index in [0.29, 0.717) is 11.8 Å². The Morgan fingerprint density at radius 2 is 2.15 bits per heavy atom. The van der Waals surface area contributed by atoms with E-state index in [2.05, 4.69) is 32.9 Å². The Balaban J connectivity index is 1.87. The number of allylic oxidation sites excluding steroid dienone is 3. The molecule has 0 amide bonds. The maximum atomic E-state index is 11.8. The Hall–Kier alpha value is -1.62. The maximum absolute atomic E-state index is 11.8. The molecule has 1 aliphatic carbocycles. The van der Waals surface area contributed by atoms with Crippen LogP contribution in [0, 0.1) is 23.2 Å². The van der Waals surface area contributed by atoms with Gasteiger partial charge in [0.25, 0.3) is 0 Å². The zero-order valence-electron chi connectivity index (χ0n) is 16.4. The predicted molar refractivity (Wildman–Crippen MR) is 96.8 cm³/mol. The van der Waals surface area contributed by atoms with Crippen LogP contribution >= 0.6 is 0 Å². The molecule has 0 aromatic carbocycles. The number of hydrogen-bond acceptors (Lipinski definition) is 5. The van der Waals surface area contributed by atoms with Gasteiger partial charge in [-0.25, -0.2) is 0 Å². The fourth-order valence-electron chi connectivity index (χ4n) is 4.70. The van der Waals surface area contributed by atoms with Crippen molar-refractivity contribution in [3.63, 3.8) is 0 Å². The number of ether oxygens (including phenoxy) is 3. The van der Waals surface area contributed by atoms with Gasteiger partial charge < -0.3 is 14.2 Å². The van der Waals surface area contributed by atoms with Crippen LogP contribution < -0.4 is 0 Å². The summed E-state index contributed by atoms with van der Waals surface area (Å²) in [4.78, 5) is 23.3. The lowest BCUT2D eigenvalue weighted by Gasteiger charge is -2.35. The van der Waals surface area contributed by atoms with Gasteiger partial charge in [-0.3, -0.25) is 9.59 Å². The molecule has 0 spiro atoms. The van der Waals surface area contributed by atoms with Crippen molar-refractivity contribution in [2.75, 3.05) is 0 Å². The third kappa shape index (κ3) is 3.73. The average molecular weight is 362 g/mol. The zero-order valence-corrected chi connectivity index (χ0v) is 16.4. The Morgan fingerprint density at radius 1 is 1.42 bits per heavy atom. The van der Waals surface area contributed by atoms with Crippen molar-refractivity contribution in [3.8, 4) is 0 Å². The van der Waals surface area contributed by atoms with Crippen molar-refractivity contribution in [3.05, 3.63) is 23.3 Å². The van der Waals surface area contributed by atoms with Crippen LogP contribution in [0.5, 0.6) is 0 Å². The van der Waals surface area contributed by atoms with Gasteiger partial charge in [0, 0.05) is 12.8 Å². The lowest BCUT2D eigenvalue weighted by Crippen LogP contribution is -2.31. The molecule has 26 heavy (non-hydrogen) atoms. The van der Waals surface area contributed by atoms with Crippen LogP contribution in [0.3, 0.4) is 0 Å². The highest BCUT2D eigenvalue weighted by atomic mass is 16.8. The van der Waals surface area contributed by atoms with Gasteiger partial charge in [0.1, 0.15) is 0 Å². The highest BCUT2D eigenvalue weighted by molar-refractivity contribution is 5.72. The molecule has 2 aliphatic heterocycles. The van der Waals surface area contributed by atoms with Gasteiger partial charge in [-0.15, -0.1) is 0 Å². The smallest absolute Gasteiger partial charge is 0.308 e. The molecule has 5 atom stereocenters. The molecule has 2 saturated heterocycles. The number of hydrogen-bond donors (Lipinski definition) is 0. The van der Waals surface area contributed by atoms with Crippen LogP contribution in [-0.2, 0) is 23.8 Å². The van der Waals surface area contributed by atoms with Crippen molar-refractivity contribution < 1.29 is 23.8 Å². The molecule has 3 aliphatic rings. The summed E-state index contributed by atoms with van der Waals surface area (Å²) in [6, 6.07) is 0. The van der Waals surface area contributed by atoms with E-state index in [1.165, 1.54) is 24.5 Å². The maximum Gasteiger partial charge on any atom is 0.308 e. The largest absolute Gasteiger partial charge is 0.435 e. The highest BCUT2D eigenvalue weighted by Gasteiger charge is 2.54. The van der Waals surface area contributed by atoms with Gasteiger partial charge >= 0.3 is 11.9 Å². The summed E-state index contributed by atoms with van der Waals surface area (Å²) in [6.07, 6.45) is 6.79. The van der Waals surface area contributed by atoms with Gasteiger partial charge in [-0.2, -0.15) is 0 Å². The summed E-state index contributed by atoms with van der Waals surface area (Å²) in [5, 5.41) is 0. The van der Waals surface area contributed by atoms with Gasteiger partial charge in [0.15, 0.2) is 0 Å². The standard InChI is InChI=1S/C21H30O5/c1-6-15(12(2)14-8-7-9-21(4,5)11-14)18-16-10-17(23)25-19(16)26-20(18)24-13(3)22/h6,8,12,16,18-20H,7,9-11H2,1-5H3/b15-6+/t12?,16-,18+,19+,20+/m1/s1. The lowest BCUT2D eigenvalue weighted by atomic mass is 9.70. The molecular weight excluding hydrogens is 332 g/mol. The molecule has 144 valence electrons. The Kier molecular flexibility index (Phi) is 5.29. The second-order valence-corrected chi connectivity index (χ2v) is 8.53. The molecule has 2 fully saturated rings. The minimum atomic E-state index is -0.693. The first-order valence-corrected chi connectivity index (χ1v) is 9.59. The first-order chi connectivity index (χ1) is 12.2. The monoisotopic (exact) mass is 362 g/mol. The van der Waals surface area contributed by atoms with Crippen molar-refractivity contribution >= 4 is 11.9 Å². The Labute approximate surface area is 155 Å². The van der Waals surface area contributed by atoms with Gasteiger partial charge in [0.2, 0.25) is 12.6 Å². The third-order valence-corrected chi connectivity index (χ3v) is 5.99. The molecule has 5 heteroatoms. The van der Waals surface area contributed by atoms with Crippen LogP contribution in [0.15, 0.2) is 23.3 Å². The second kappa shape index (κ2) is 7.18. The molecule has 3 rings (SSSR count). The zero-order chi connectivity index (χ0) is 19.1. The van der Waals surface area contributed by atoms with Gasteiger partial charge in [-0.05, 0) is 37.5 Å². The summed E-state index contributed by atoms with van der Waals surface area (Å²) in [7, 11) is 0. The highest BCUT2D eigenvalue weighted by Crippen LogP contribution is 2.49. The second-order valence-electron chi connectivity index (χ2n) is 8.53. The van der Waals surface area contributed by atoms with E-state index in [-0.39, 0.29) is 29.7 Å². The van der Waals surface area contributed by atoms with Crippen molar-refractivity contribution in [1.82, 2.24) is 0 Å². The average Bonchev–Trinajstić information content (AvgIpc) is 3.03. The molecule has 1 unspecified atom stereocenters. The minimum absolute atomic E-state index is 0.0994. The quantitative estimate of drug-likeness (QED) is 0.556. The van der Waals surface area contributed by atoms with Crippen LogP contribution in [0.25, 0.3) is 0 Å². The lowest BCUT2D eigenvalue weighted by molar-refractivity contribution is -0.207. The molecule has 0 N–H and O–H groups in total. The van der Waals surface area contributed by atoms with Gasteiger partial charge in [-0.1, -0.05) is 44.1 Å². The van der Waals surface area contributed by atoms with E-state index >= 15 is 0 Å². The van der Waals surface area contributed by atoms with E-state index in [1.54, 1.807) is 0 Å². The predicted octanol–water partition coefficient (Wildman–Crippen LogP) is 4.13. The normalized spacial score (nSPS) is 34.7. The molecule has 0 radical (unpaired) electrons. The summed E-state index contributed by atoms with van der Waals surface area (Å²) < 4.78 is 16.5. The Bertz CT molecular complexity index is 645. The summed E-state index contributed by atoms with van der Waals surface area (Å²) in [5.74, 6) is -0.653. The van der Waals surface area contributed by atoms with Crippen molar-refractivity contribution in [2.24, 2.45) is 23.2 Å². The molecule has 0 aromatic rings. The number of esters is 2. The molecule has 0 aromatic heterocycles. The van der Waals surface area contributed by atoms with E-state index in [9.17, 15) is 9.59 Å². The topological polar surface area (TPSA) is 61.8 Å². The number of rotatable bonds is 4. The number of carbonyl (C=O) groups excluding carboxylic acids is 2. The molecular formula is C21H30O5. The SMILES string of the molecule is C/C=C(\C(C)C1=CCCC(C)(C)C1)[C@@H]1[C@@H](OC(C)=O)O[C@@H]2OC(=O)C[C@@H]21. The van der Waals surface area contributed by atoms with E-state index in [1.807, 2.05) is 6.92 Å². The van der Waals surface area contributed by atoms with Crippen LogP contribution in [0.4, 0.5) is 0 Å². The molecule has 5 nitrogen and oxygen atoms in total. The van der Waals surface area contributed by atoms with E-state index in [4.69, 9.17) is 14.2 Å². The van der Waals surface area contributed by atoms with E-state index < -0.39 is 12.6 Å². The summed E-state index contributed by atoms with van der Waals surface area (Å²) in [5.41, 5.74) is 2.89. The molecule has 2 heterocycles. The third-order valence-electron chi connectivity index (χ3n) is 5.99. The fraction of sp³-hybridized carbons (Fsp3) is 0.714. The number of fused-ring (bicyclic) bond motifs is 1. The van der Waals surface area contributed by atoms with Crippen LogP contribution in [0.2, 0.25) is 0 Å². The molecule has 0 bridgehead atoms. The van der Waals surface area contributed by atoms with Gasteiger partial charge in [0.05, 0.1) is 12.3 Å². The van der Waals surface area contributed by atoms with Crippen molar-refractivity contribution in [1.29, 1.82) is 0 Å². The van der Waals surface area contributed by atoms with Crippen LogP contribution in [-0.4, -0.2) is 24.5 Å². The van der Waals surface area contributed by atoms with E-state index in [0.717, 1.165) is 12.8 Å². The van der Waals surface area contributed by atoms with Crippen molar-refractivity contribution in [2.45, 2.75) is 72.9 Å².